The number of sulfonamides is 1. The van der Waals surface area contributed by atoms with E-state index in [1.165, 1.54) is 17.4 Å². The largest absolute Gasteiger partial charge is 0.356 e. The lowest BCUT2D eigenvalue weighted by Crippen LogP contribution is -2.53. The number of nitrogens with one attached hydrogen (secondary N) is 1. The van der Waals surface area contributed by atoms with Crippen molar-refractivity contribution in [3.63, 3.8) is 0 Å². The summed E-state index contributed by atoms with van der Waals surface area (Å²) in [6.45, 7) is 11.6. The third-order valence-corrected chi connectivity index (χ3v) is 7.83. The average molecular weight is 578 g/mol. The van der Waals surface area contributed by atoms with E-state index in [1.807, 2.05) is 7.05 Å². The molecule has 0 radical (unpaired) electrons. The van der Waals surface area contributed by atoms with Crippen molar-refractivity contribution in [1.29, 1.82) is 0 Å². The molecular weight excluding hydrogens is 537 g/mol. The Bertz CT molecular complexity index is 828. The Hall–Kier alpha value is -0.910. The molecule has 32 heavy (non-hydrogen) atoms. The van der Waals surface area contributed by atoms with Gasteiger partial charge in [-0.3, -0.25) is 9.89 Å². The van der Waals surface area contributed by atoms with Gasteiger partial charge >= 0.3 is 0 Å². The zero-order valence-corrected chi connectivity index (χ0v) is 23.1. The van der Waals surface area contributed by atoms with Gasteiger partial charge in [-0.05, 0) is 35.8 Å². The molecule has 0 amide bonds. The average Bonchev–Trinajstić information content (AvgIpc) is 2.75. The summed E-state index contributed by atoms with van der Waals surface area (Å²) in [7, 11) is -1.22. The molecule has 0 unspecified atom stereocenters. The van der Waals surface area contributed by atoms with E-state index in [9.17, 15) is 8.42 Å². The van der Waals surface area contributed by atoms with Crippen LogP contribution in [0, 0.1) is 5.92 Å². The molecule has 0 atom stereocenters. The Kier molecular flexibility index (Phi) is 10.7. The maximum Gasteiger partial charge on any atom is 0.211 e. The topological polar surface area (TPSA) is 68.2 Å². The Morgan fingerprint density at radius 1 is 1.06 bits per heavy atom. The quantitative estimate of drug-likeness (QED) is 0.320. The van der Waals surface area contributed by atoms with E-state index in [4.69, 9.17) is 0 Å². The highest BCUT2D eigenvalue weighted by Gasteiger charge is 2.26. The van der Waals surface area contributed by atoms with Crippen LogP contribution in [-0.2, 0) is 16.6 Å². The predicted octanol–water partition coefficient (Wildman–Crippen LogP) is 2.79. The molecule has 1 aromatic rings. The Balaban J connectivity index is 0.00000363. The first-order valence-corrected chi connectivity index (χ1v) is 13.3. The molecule has 0 bridgehead atoms. The van der Waals surface area contributed by atoms with E-state index >= 15 is 0 Å². The van der Waals surface area contributed by atoms with Gasteiger partial charge in [0.25, 0.3) is 0 Å². The van der Waals surface area contributed by atoms with E-state index in [1.54, 1.807) is 4.31 Å². The smallest absolute Gasteiger partial charge is 0.211 e. The molecule has 3 rings (SSSR count). The van der Waals surface area contributed by atoms with Crippen molar-refractivity contribution >= 4 is 40.0 Å². The molecule has 9 heteroatoms. The van der Waals surface area contributed by atoms with Gasteiger partial charge in [-0.25, -0.2) is 12.7 Å². The molecule has 0 saturated carbocycles. The summed E-state index contributed by atoms with van der Waals surface area (Å²) >= 11 is 0. The van der Waals surface area contributed by atoms with Crippen molar-refractivity contribution in [3.05, 3.63) is 35.4 Å². The maximum absolute atomic E-state index is 11.7. The lowest BCUT2D eigenvalue weighted by atomic mass is 9.98. The van der Waals surface area contributed by atoms with Crippen LogP contribution in [0.5, 0.6) is 0 Å². The molecule has 2 aliphatic heterocycles. The van der Waals surface area contributed by atoms with Crippen molar-refractivity contribution in [2.75, 3.05) is 59.1 Å². The van der Waals surface area contributed by atoms with Crippen molar-refractivity contribution in [3.8, 4) is 0 Å². The molecule has 2 saturated heterocycles. The molecule has 2 fully saturated rings. The molecule has 0 aromatic heterocycles. The minimum atomic E-state index is -3.06. The fraction of sp³-hybridized carbons (Fsp3) is 0.696. The summed E-state index contributed by atoms with van der Waals surface area (Å²) < 4.78 is 24.9. The van der Waals surface area contributed by atoms with Gasteiger partial charge in [-0.15, -0.1) is 24.0 Å². The summed E-state index contributed by atoms with van der Waals surface area (Å²) in [5.74, 6) is 2.03. The van der Waals surface area contributed by atoms with Crippen molar-refractivity contribution < 1.29 is 8.42 Å². The van der Waals surface area contributed by atoms with Crippen LogP contribution in [0.4, 0.5) is 0 Å². The maximum atomic E-state index is 11.7. The van der Waals surface area contributed by atoms with Gasteiger partial charge in [-0.1, -0.05) is 38.1 Å². The second-order valence-corrected chi connectivity index (χ2v) is 11.2. The first kappa shape index (κ1) is 27.3. The third kappa shape index (κ3) is 7.85. The number of benzene rings is 1. The van der Waals surface area contributed by atoms with Gasteiger partial charge < -0.3 is 10.2 Å². The second-order valence-electron chi connectivity index (χ2n) is 9.19. The van der Waals surface area contributed by atoms with Crippen LogP contribution in [0.15, 0.2) is 29.3 Å². The first-order chi connectivity index (χ1) is 14.8. The zero-order chi connectivity index (χ0) is 22.4. The van der Waals surface area contributed by atoms with Gasteiger partial charge in [0, 0.05) is 59.4 Å². The number of guanidine groups is 1. The highest BCUT2D eigenvalue weighted by Crippen LogP contribution is 2.19. The summed E-state index contributed by atoms with van der Waals surface area (Å²) in [6, 6.07) is 9.03. The Morgan fingerprint density at radius 2 is 1.66 bits per heavy atom. The van der Waals surface area contributed by atoms with Gasteiger partial charge in [0.15, 0.2) is 5.96 Å². The second kappa shape index (κ2) is 12.5. The van der Waals surface area contributed by atoms with E-state index in [0.717, 1.165) is 58.1 Å². The summed E-state index contributed by atoms with van der Waals surface area (Å²) in [5, 5.41) is 3.53. The molecule has 182 valence electrons. The van der Waals surface area contributed by atoms with Crippen molar-refractivity contribution in [1.82, 2.24) is 19.4 Å². The van der Waals surface area contributed by atoms with E-state index in [2.05, 4.69) is 58.2 Å². The number of rotatable bonds is 6. The molecule has 1 N–H and O–H groups in total. The van der Waals surface area contributed by atoms with E-state index in [-0.39, 0.29) is 24.0 Å². The molecule has 7 nitrogen and oxygen atoms in total. The number of hydrogen-bond acceptors (Lipinski definition) is 4. The van der Waals surface area contributed by atoms with Gasteiger partial charge in [0.05, 0.1) is 6.26 Å². The number of halogens is 1. The van der Waals surface area contributed by atoms with Crippen LogP contribution in [0.3, 0.4) is 0 Å². The normalized spacial score (nSPS) is 19.8. The third-order valence-electron chi connectivity index (χ3n) is 6.53. The molecule has 0 spiro atoms. The SMILES string of the molecule is CN=C(NCC1CCN(S(C)(=O)=O)CC1)N1CCN(Cc2ccc(C(C)C)cc2)CC1.I. The molecule has 0 aliphatic carbocycles. The van der Waals surface area contributed by atoms with E-state index in [0.29, 0.717) is 24.9 Å². The van der Waals surface area contributed by atoms with Crippen LogP contribution < -0.4 is 5.32 Å². The fourth-order valence-electron chi connectivity index (χ4n) is 4.40. The monoisotopic (exact) mass is 577 g/mol. The fourth-order valence-corrected chi connectivity index (χ4v) is 5.27. The summed E-state index contributed by atoms with van der Waals surface area (Å²) in [4.78, 5) is 9.34. The van der Waals surface area contributed by atoms with Gasteiger partial charge in [-0.2, -0.15) is 0 Å². The first-order valence-electron chi connectivity index (χ1n) is 11.5. The molecule has 2 heterocycles. The number of aliphatic imine (C=N–C) groups is 1. The van der Waals surface area contributed by atoms with Crippen LogP contribution in [0.2, 0.25) is 0 Å². The highest BCUT2D eigenvalue weighted by molar-refractivity contribution is 14.0. The number of piperazine rings is 1. The highest BCUT2D eigenvalue weighted by atomic mass is 127. The summed E-state index contributed by atoms with van der Waals surface area (Å²) in [6.07, 6.45) is 3.11. The van der Waals surface area contributed by atoms with Crippen LogP contribution >= 0.6 is 24.0 Å². The van der Waals surface area contributed by atoms with Crippen LogP contribution in [0.1, 0.15) is 43.7 Å². The summed E-state index contributed by atoms with van der Waals surface area (Å²) in [5.41, 5.74) is 2.77. The number of piperidine rings is 1. The van der Waals surface area contributed by atoms with Gasteiger partial charge in [0.2, 0.25) is 10.0 Å². The van der Waals surface area contributed by atoms with Crippen LogP contribution in [-0.4, -0.2) is 87.6 Å². The molecule has 1 aromatic carbocycles. The predicted molar refractivity (Wildman–Crippen MR) is 143 cm³/mol. The number of nitrogens with zero attached hydrogens (tertiary/aromatic N) is 4. The zero-order valence-electron chi connectivity index (χ0n) is 20.0. The lowest BCUT2D eigenvalue weighted by Gasteiger charge is -2.37. The van der Waals surface area contributed by atoms with Gasteiger partial charge in [0.1, 0.15) is 0 Å². The Labute approximate surface area is 211 Å². The number of hydrogen-bond donors (Lipinski definition) is 1. The molecule has 2 aliphatic rings. The Morgan fingerprint density at radius 3 is 2.16 bits per heavy atom. The van der Waals surface area contributed by atoms with E-state index < -0.39 is 10.0 Å². The van der Waals surface area contributed by atoms with Crippen molar-refractivity contribution in [2.45, 2.75) is 39.2 Å². The van der Waals surface area contributed by atoms with Crippen molar-refractivity contribution in [2.24, 2.45) is 10.9 Å². The standard InChI is InChI=1S/C23H39N5O2S.HI/c1-19(2)22-7-5-21(6-8-22)18-26-13-15-27(16-14-26)23(24-3)25-17-20-9-11-28(12-10-20)31(4,29)30;/h5-8,19-20H,9-18H2,1-4H3,(H,24,25);1H. The lowest BCUT2D eigenvalue weighted by molar-refractivity contribution is 0.171. The molecular formula is C23H40IN5O2S. The minimum absolute atomic E-state index is 0. The van der Waals surface area contributed by atoms with Crippen LogP contribution in [0.25, 0.3) is 0 Å². The minimum Gasteiger partial charge on any atom is -0.356 e.